The number of carbonyl (C=O) groups is 1. The Labute approximate surface area is 136 Å². The van der Waals surface area contributed by atoms with E-state index in [1.165, 1.54) is 6.07 Å². The summed E-state index contributed by atoms with van der Waals surface area (Å²) in [5.41, 5.74) is 0.254. The lowest BCUT2D eigenvalue weighted by Crippen LogP contribution is -2.50. The van der Waals surface area contributed by atoms with Crippen LogP contribution in [0.3, 0.4) is 0 Å². The molecule has 1 aromatic carbocycles. The number of likely N-dealkylation sites (N-methyl/N-ethyl adjacent to an activating group) is 1. The third-order valence-corrected chi connectivity index (χ3v) is 4.23. The van der Waals surface area contributed by atoms with Gasteiger partial charge in [-0.2, -0.15) is 0 Å². The SMILES string of the molecule is CC1CN(C(=O)CN(C)C(C)c2cc(F)ccc2F)CC(C)O1. The van der Waals surface area contributed by atoms with Crippen LogP contribution < -0.4 is 0 Å². The average molecular weight is 326 g/mol. The molecule has 23 heavy (non-hydrogen) atoms. The Morgan fingerprint density at radius 3 is 2.57 bits per heavy atom. The lowest BCUT2D eigenvalue weighted by molar-refractivity contribution is -0.144. The summed E-state index contributed by atoms with van der Waals surface area (Å²) >= 11 is 0. The molecule has 6 heteroatoms. The van der Waals surface area contributed by atoms with Crippen molar-refractivity contribution in [1.29, 1.82) is 0 Å². The van der Waals surface area contributed by atoms with Gasteiger partial charge in [-0.05, 0) is 46.0 Å². The summed E-state index contributed by atoms with van der Waals surface area (Å²) in [6.07, 6.45) is 0.0113. The van der Waals surface area contributed by atoms with Gasteiger partial charge in [-0.15, -0.1) is 0 Å². The highest BCUT2D eigenvalue weighted by atomic mass is 19.1. The molecule has 0 aromatic heterocycles. The van der Waals surface area contributed by atoms with E-state index in [4.69, 9.17) is 4.74 Å². The van der Waals surface area contributed by atoms with Crippen molar-refractivity contribution >= 4 is 5.91 Å². The molecule has 0 N–H and O–H groups in total. The molecule has 1 aliphatic heterocycles. The van der Waals surface area contributed by atoms with Gasteiger partial charge >= 0.3 is 0 Å². The smallest absolute Gasteiger partial charge is 0.236 e. The summed E-state index contributed by atoms with van der Waals surface area (Å²) in [5.74, 6) is -0.978. The largest absolute Gasteiger partial charge is 0.372 e. The summed E-state index contributed by atoms with van der Waals surface area (Å²) in [6, 6.07) is 2.99. The van der Waals surface area contributed by atoms with Crippen LogP contribution in [0, 0.1) is 11.6 Å². The fraction of sp³-hybridized carbons (Fsp3) is 0.588. The second kappa shape index (κ2) is 7.36. The summed E-state index contributed by atoms with van der Waals surface area (Å²) in [4.78, 5) is 15.9. The van der Waals surface area contributed by atoms with Crippen molar-refractivity contribution in [1.82, 2.24) is 9.80 Å². The lowest BCUT2D eigenvalue weighted by atomic mass is 10.1. The molecule has 4 nitrogen and oxygen atoms in total. The quantitative estimate of drug-likeness (QED) is 0.853. The van der Waals surface area contributed by atoms with Gasteiger partial charge in [0.25, 0.3) is 0 Å². The van der Waals surface area contributed by atoms with E-state index >= 15 is 0 Å². The van der Waals surface area contributed by atoms with Gasteiger partial charge in [0.1, 0.15) is 11.6 Å². The third kappa shape index (κ3) is 4.48. The first-order chi connectivity index (χ1) is 10.8. The van der Waals surface area contributed by atoms with Crippen molar-refractivity contribution in [2.45, 2.75) is 39.0 Å². The molecule has 1 saturated heterocycles. The zero-order chi connectivity index (χ0) is 17.1. The molecule has 1 heterocycles. The number of nitrogens with zero attached hydrogens (tertiary/aromatic N) is 2. The Balaban J connectivity index is 2.01. The number of ether oxygens (including phenoxy) is 1. The zero-order valence-electron chi connectivity index (χ0n) is 14.1. The average Bonchev–Trinajstić information content (AvgIpc) is 2.47. The van der Waals surface area contributed by atoms with Crippen molar-refractivity contribution in [2.24, 2.45) is 0 Å². The van der Waals surface area contributed by atoms with Gasteiger partial charge in [-0.1, -0.05) is 0 Å². The molecular formula is C17H24F2N2O2. The third-order valence-electron chi connectivity index (χ3n) is 4.23. The normalized spacial score (nSPS) is 23.2. The predicted molar refractivity (Wildman–Crippen MR) is 84.0 cm³/mol. The van der Waals surface area contributed by atoms with Gasteiger partial charge in [0, 0.05) is 24.7 Å². The van der Waals surface area contributed by atoms with Gasteiger partial charge in [0.15, 0.2) is 0 Å². The molecule has 2 rings (SSSR count). The number of amides is 1. The molecule has 0 spiro atoms. The second-order valence-corrected chi connectivity index (χ2v) is 6.31. The number of hydrogen-bond acceptors (Lipinski definition) is 3. The minimum atomic E-state index is -0.483. The highest BCUT2D eigenvalue weighted by Crippen LogP contribution is 2.23. The van der Waals surface area contributed by atoms with Crippen molar-refractivity contribution < 1.29 is 18.3 Å². The first kappa shape index (κ1) is 17.8. The van der Waals surface area contributed by atoms with Crippen LogP contribution in [0.4, 0.5) is 8.78 Å². The highest BCUT2D eigenvalue weighted by molar-refractivity contribution is 5.78. The second-order valence-electron chi connectivity index (χ2n) is 6.31. The number of morpholine rings is 1. The molecule has 1 aliphatic rings. The van der Waals surface area contributed by atoms with E-state index in [1.54, 1.807) is 23.8 Å². The van der Waals surface area contributed by atoms with E-state index in [2.05, 4.69) is 0 Å². The molecule has 1 aromatic rings. The Bertz CT molecular complexity index is 558. The van der Waals surface area contributed by atoms with Crippen LogP contribution >= 0.6 is 0 Å². The van der Waals surface area contributed by atoms with Crippen molar-refractivity contribution in [3.63, 3.8) is 0 Å². The van der Waals surface area contributed by atoms with Crippen LogP contribution in [0.5, 0.6) is 0 Å². The Kier molecular flexibility index (Phi) is 5.70. The van der Waals surface area contributed by atoms with E-state index in [9.17, 15) is 13.6 Å². The van der Waals surface area contributed by atoms with Crippen molar-refractivity contribution in [3.8, 4) is 0 Å². The number of benzene rings is 1. The standard InChI is InChI=1S/C17H24F2N2O2/c1-11-8-21(9-12(2)23-11)17(22)10-20(4)13(3)15-7-14(18)5-6-16(15)19/h5-7,11-13H,8-10H2,1-4H3. The maximum absolute atomic E-state index is 13.9. The Morgan fingerprint density at radius 2 is 1.96 bits per heavy atom. The maximum atomic E-state index is 13.9. The van der Waals surface area contributed by atoms with Crippen molar-refractivity contribution in [3.05, 3.63) is 35.4 Å². The molecule has 128 valence electrons. The summed E-state index contributed by atoms with van der Waals surface area (Å²) in [6.45, 7) is 6.89. The van der Waals surface area contributed by atoms with Crippen LogP contribution in [0.25, 0.3) is 0 Å². The minimum absolute atomic E-state index is 0.00564. The first-order valence-corrected chi connectivity index (χ1v) is 7.86. The van der Waals surface area contributed by atoms with Crippen LogP contribution in [0.15, 0.2) is 18.2 Å². The molecule has 0 bridgehead atoms. The Morgan fingerprint density at radius 1 is 1.35 bits per heavy atom. The van der Waals surface area contributed by atoms with E-state index in [0.29, 0.717) is 13.1 Å². The van der Waals surface area contributed by atoms with Gasteiger partial charge < -0.3 is 9.64 Å². The van der Waals surface area contributed by atoms with Gasteiger partial charge in [0.05, 0.1) is 18.8 Å². The molecule has 0 saturated carbocycles. The molecule has 0 radical (unpaired) electrons. The number of carbonyl (C=O) groups excluding carboxylic acids is 1. The lowest BCUT2D eigenvalue weighted by Gasteiger charge is -2.36. The van der Waals surface area contributed by atoms with Crippen LogP contribution in [0.1, 0.15) is 32.4 Å². The van der Waals surface area contributed by atoms with E-state index < -0.39 is 17.7 Å². The number of hydrogen-bond donors (Lipinski definition) is 0. The Hall–Kier alpha value is -1.53. The van der Waals surface area contributed by atoms with Crippen LogP contribution in [-0.4, -0.2) is 54.6 Å². The number of rotatable bonds is 4. The van der Waals surface area contributed by atoms with Crippen LogP contribution in [-0.2, 0) is 9.53 Å². The summed E-state index contributed by atoms with van der Waals surface area (Å²) in [7, 11) is 1.74. The number of halogens is 2. The molecule has 3 atom stereocenters. The predicted octanol–water partition coefficient (Wildman–Crippen LogP) is 2.59. The zero-order valence-corrected chi connectivity index (χ0v) is 14.1. The first-order valence-electron chi connectivity index (χ1n) is 7.86. The molecule has 1 fully saturated rings. The molecule has 1 amide bonds. The van der Waals surface area contributed by atoms with E-state index in [0.717, 1.165) is 12.1 Å². The minimum Gasteiger partial charge on any atom is -0.372 e. The summed E-state index contributed by atoms with van der Waals surface area (Å²) < 4.78 is 32.8. The van der Waals surface area contributed by atoms with E-state index in [1.807, 2.05) is 13.8 Å². The highest BCUT2D eigenvalue weighted by Gasteiger charge is 2.27. The van der Waals surface area contributed by atoms with Crippen LogP contribution in [0.2, 0.25) is 0 Å². The molecule has 3 unspecified atom stereocenters. The fourth-order valence-corrected chi connectivity index (χ4v) is 2.90. The monoisotopic (exact) mass is 326 g/mol. The fourth-order valence-electron chi connectivity index (χ4n) is 2.90. The summed E-state index contributed by atoms with van der Waals surface area (Å²) in [5, 5.41) is 0. The topological polar surface area (TPSA) is 32.8 Å². The van der Waals surface area contributed by atoms with Gasteiger partial charge in [-0.3, -0.25) is 9.69 Å². The van der Waals surface area contributed by atoms with E-state index in [-0.39, 0.29) is 30.2 Å². The van der Waals surface area contributed by atoms with Gasteiger partial charge in [-0.25, -0.2) is 8.78 Å². The van der Waals surface area contributed by atoms with Gasteiger partial charge in [0.2, 0.25) is 5.91 Å². The molecule has 0 aliphatic carbocycles. The van der Waals surface area contributed by atoms with Crippen molar-refractivity contribution in [2.75, 3.05) is 26.7 Å². The maximum Gasteiger partial charge on any atom is 0.236 e. The molecular weight excluding hydrogens is 302 g/mol.